The van der Waals surface area contributed by atoms with Crippen LogP contribution in [0.3, 0.4) is 0 Å². The molecule has 0 aliphatic heterocycles. The Morgan fingerprint density at radius 2 is 2.31 bits per heavy atom. The minimum absolute atomic E-state index is 0.0364. The maximum absolute atomic E-state index is 13.0. The molecule has 66 valence electrons. The summed E-state index contributed by atoms with van der Waals surface area (Å²) in [4.78, 5) is 0. The Morgan fingerprint density at radius 1 is 1.62 bits per heavy atom. The van der Waals surface area contributed by atoms with Crippen LogP contribution in [0.4, 0.5) is 4.39 Å². The number of hydrogen-bond acceptors (Lipinski definition) is 3. The van der Waals surface area contributed by atoms with Crippen LogP contribution in [0.1, 0.15) is 5.56 Å². The highest BCUT2D eigenvalue weighted by molar-refractivity contribution is 6.35. The Morgan fingerprint density at radius 3 is 2.77 bits per heavy atom. The van der Waals surface area contributed by atoms with Gasteiger partial charge in [-0.3, -0.25) is 0 Å². The molecule has 0 aromatic heterocycles. The van der Waals surface area contributed by atoms with Crippen LogP contribution in [0.25, 0.3) is 0 Å². The molecule has 0 unspecified atom stereocenters. The average Bonchev–Trinajstić information content (AvgIpc) is 2.11. The standard InChI is InChI=1S/C8H4ClFN2O/c9-5-2-1-3-6(10)8(5)7(4-11)12-13/h1-3,13H/b12-7+. The molecule has 1 aromatic rings. The average molecular weight is 199 g/mol. The smallest absolute Gasteiger partial charge is 0.191 e. The van der Waals surface area contributed by atoms with Gasteiger partial charge in [-0.05, 0) is 12.1 Å². The molecule has 0 amide bonds. The summed E-state index contributed by atoms with van der Waals surface area (Å²) >= 11 is 5.60. The van der Waals surface area contributed by atoms with Crippen LogP contribution in [-0.2, 0) is 0 Å². The highest BCUT2D eigenvalue weighted by Gasteiger charge is 2.13. The van der Waals surface area contributed by atoms with Crippen LogP contribution >= 0.6 is 11.6 Å². The predicted molar refractivity (Wildman–Crippen MR) is 45.3 cm³/mol. The molecule has 0 radical (unpaired) electrons. The maximum Gasteiger partial charge on any atom is 0.191 e. The Hall–Kier alpha value is -1.60. The van der Waals surface area contributed by atoms with Gasteiger partial charge in [0, 0.05) is 0 Å². The van der Waals surface area contributed by atoms with E-state index in [0.717, 1.165) is 6.07 Å². The van der Waals surface area contributed by atoms with E-state index >= 15 is 0 Å². The summed E-state index contributed by atoms with van der Waals surface area (Å²) < 4.78 is 13.0. The fourth-order valence-electron chi connectivity index (χ4n) is 0.852. The summed E-state index contributed by atoms with van der Waals surface area (Å²) in [7, 11) is 0. The van der Waals surface area contributed by atoms with Crippen molar-refractivity contribution < 1.29 is 9.60 Å². The van der Waals surface area contributed by atoms with Crippen molar-refractivity contribution in [3.8, 4) is 6.07 Å². The van der Waals surface area contributed by atoms with Crippen molar-refractivity contribution in [2.75, 3.05) is 0 Å². The van der Waals surface area contributed by atoms with Crippen molar-refractivity contribution in [2.45, 2.75) is 0 Å². The van der Waals surface area contributed by atoms with Gasteiger partial charge < -0.3 is 5.21 Å². The van der Waals surface area contributed by atoms with Crippen LogP contribution in [0.5, 0.6) is 0 Å². The minimum Gasteiger partial charge on any atom is -0.410 e. The minimum atomic E-state index is -0.693. The second-order valence-corrected chi connectivity index (χ2v) is 2.56. The van der Waals surface area contributed by atoms with E-state index in [2.05, 4.69) is 5.16 Å². The molecule has 0 spiro atoms. The van der Waals surface area contributed by atoms with Crippen LogP contribution in [0.15, 0.2) is 23.4 Å². The van der Waals surface area contributed by atoms with Gasteiger partial charge in [-0.2, -0.15) is 5.26 Å². The first kappa shape index (κ1) is 9.49. The van der Waals surface area contributed by atoms with E-state index in [1.165, 1.54) is 18.2 Å². The summed E-state index contributed by atoms with van der Waals surface area (Å²) in [5.41, 5.74) is -0.628. The lowest BCUT2D eigenvalue weighted by Gasteiger charge is -2.00. The lowest BCUT2D eigenvalue weighted by molar-refractivity contribution is 0.320. The number of rotatable bonds is 1. The maximum atomic E-state index is 13.0. The molecule has 0 saturated heterocycles. The Kier molecular flexibility index (Phi) is 2.83. The number of halogens is 2. The van der Waals surface area contributed by atoms with Crippen LogP contribution < -0.4 is 0 Å². The number of nitrogens with zero attached hydrogens (tertiary/aromatic N) is 2. The van der Waals surface area contributed by atoms with E-state index in [1.807, 2.05) is 0 Å². The largest absolute Gasteiger partial charge is 0.410 e. The third-order valence-electron chi connectivity index (χ3n) is 1.41. The first-order valence-electron chi connectivity index (χ1n) is 3.27. The fraction of sp³-hybridized carbons (Fsp3) is 0. The molecule has 0 atom stereocenters. The molecule has 1 N–H and O–H groups in total. The fourth-order valence-corrected chi connectivity index (χ4v) is 1.10. The second kappa shape index (κ2) is 3.87. The van der Waals surface area contributed by atoms with E-state index < -0.39 is 11.5 Å². The summed E-state index contributed by atoms with van der Waals surface area (Å²) in [5.74, 6) is -0.693. The van der Waals surface area contributed by atoms with Crippen molar-refractivity contribution in [3.05, 3.63) is 34.6 Å². The number of hydrogen-bond donors (Lipinski definition) is 1. The van der Waals surface area contributed by atoms with Crippen molar-refractivity contribution in [3.63, 3.8) is 0 Å². The number of oxime groups is 1. The first-order chi connectivity index (χ1) is 6.20. The predicted octanol–water partition coefficient (Wildman–Crippen LogP) is 2.18. The van der Waals surface area contributed by atoms with Gasteiger partial charge in [0.2, 0.25) is 0 Å². The summed E-state index contributed by atoms with van der Waals surface area (Å²) in [5, 5.41) is 19.5. The monoisotopic (exact) mass is 198 g/mol. The molecule has 5 heteroatoms. The highest BCUT2D eigenvalue weighted by atomic mass is 35.5. The van der Waals surface area contributed by atoms with Crippen molar-refractivity contribution in [2.24, 2.45) is 5.16 Å². The highest BCUT2D eigenvalue weighted by Crippen LogP contribution is 2.19. The van der Waals surface area contributed by atoms with Gasteiger partial charge >= 0.3 is 0 Å². The van der Waals surface area contributed by atoms with Crippen molar-refractivity contribution in [1.29, 1.82) is 5.26 Å². The number of benzene rings is 1. The van der Waals surface area contributed by atoms with E-state index in [0.29, 0.717) is 0 Å². The van der Waals surface area contributed by atoms with Gasteiger partial charge in [0.1, 0.15) is 11.9 Å². The zero-order chi connectivity index (χ0) is 9.84. The second-order valence-electron chi connectivity index (χ2n) is 2.16. The van der Waals surface area contributed by atoms with Gasteiger partial charge in [-0.1, -0.05) is 22.8 Å². The molecule has 13 heavy (non-hydrogen) atoms. The topological polar surface area (TPSA) is 56.4 Å². The third-order valence-corrected chi connectivity index (χ3v) is 1.72. The van der Waals surface area contributed by atoms with Crippen LogP contribution in [0, 0.1) is 17.1 Å². The Balaban J connectivity index is 3.38. The van der Waals surface area contributed by atoms with Gasteiger partial charge in [-0.15, -0.1) is 0 Å². The third kappa shape index (κ3) is 1.76. The molecule has 0 aliphatic carbocycles. The van der Waals surface area contributed by atoms with Crippen LogP contribution in [0.2, 0.25) is 5.02 Å². The molecule has 0 saturated carbocycles. The van der Waals surface area contributed by atoms with E-state index in [9.17, 15) is 4.39 Å². The molecule has 3 nitrogen and oxygen atoms in total. The zero-order valence-corrected chi connectivity index (χ0v) is 7.09. The SMILES string of the molecule is N#C/C(=N\O)c1c(F)cccc1Cl. The number of nitriles is 1. The van der Waals surface area contributed by atoms with E-state index in [4.69, 9.17) is 22.1 Å². The molecule has 0 heterocycles. The molecule has 0 aliphatic rings. The summed E-state index contributed by atoms with van der Waals surface area (Å²) in [6.45, 7) is 0. The van der Waals surface area contributed by atoms with E-state index in [-0.39, 0.29) is 10.6 Å². The Labute approximate surface area is 78.7 Å². The van der Waals surface area contributed by atoms with Crippen molar-refractivity contribution >= 4 is 17.3 Å². The van der Waals surface area contributed by atoms with E-state index in [1.54, 1.807) is 0 Å². The summed E-state index contributed by atoms with van der Waals surface area (Å²) in [6.07, 6.45) is 0. The van der Waals surface area contributed by atoms with Gasteiger partial charge in [0.25, 0.3) is 0 Å². The van der Waals surface area contributed by atoms with Crippen LogP contribution in [-0.4, -0.2) is 10.9 Å². The molecule has 0 bridgehead atoms. The lowest BCUT2D eigenvalue weighted by Crippen LogP contribution is -2.01. The quantitative estimate of drug-likeness (QED) is 0.427. The van der Waals surface area contributed by atoms with Gasteiger partial charge in [0.15, 0.2) is 5.71 Å². The van der Waals surface area contributed by atoms with Crippen molar-refractivity contribution in [1.82, 2.24) is 0 Å². The normalized spacial score (nSPS) is 11.0. The zero-order valence-electron chi connectivity index (χ0n) is 6.33. The molecular weight excluding hydrogens is 195 g/mol. The van der Waals surface area contributed by atoms with Gasteiger partial charge in [-0.25, -0.2) is 4.39 Å². The van der Waals surface area contributed by atoms with Gasteiger partial charge in [0.05, 0.1) is 10.6 Å². The Bertz CT molecular complexity index is 377. The molecular formula is C8H4ClFN2O. The molecule has 1 aromatic carbocycles. The molecule has 0 fully saturated rings. The molecule has 1 rings (SSSR count). The first-order valence-corrected chi connectivity index (χ1v) is 3.65. The lowest BCUT2D eigenvalue weighted by atomic mass is 10.1. The summed E-state index contributed by atoms with van der Waals surface area (Å²) in [6, 6.07) is 5.46.